The number of hydrogen-bond donors (Lipinski definition) is 1. The predicted molar refractivity (Wildman–Crippen MR) is 108 cm³/mol. The first-order valence-electron chi connectivity index (χ1n) is 9.48. The highest BCUT2D eigenvalue weighted by Crippen LogP contribution is 2.22. The monoisotopic (exact) mass is 382 g/mol. The summed E-state index contributed by atoms with van der Waals surface area (Å²) >= 11 is 0. The minimum Gasteiger partial charge on any atom is -0.450 e. The molecule has 3 rings (SSSR count). The summed E-state index contributed by atoms with van der Waals surface area (Å²) in [5.74, 6) is -0.0828. The van der Waals surface area contributed by atoms with Gasteiger partial charge in [-0.05, 0) is 44.0 Å². The Hall–Kier alpha value is -3.09. The van der Waals surface area contributed by atoms with Gasteiger partial charge in [0.05, 0.1) is 24.1 Å². The van der Waals surface area contributed by atoms with E-state index in [0.717, 1.165) is 22.5 Å². The molecule has 0 aliphatic carbocycles. The molecule has 2 heterocycles. The van der Waals surface area contributed by atoms with Gasteiger partial charge in [-0.2, -0.15) is 0 Å². The first-order chi connectivity index (χ1) is 13.5. The molecule has 1 aromatic heterocycles. The van der Waals surface area contributed by atoms with E-state index >= 15 is 0 Å². The van der Waals surface area contributed by atoms with Crippen LogP contribution in [-0.4, -0.2) is 59.6 Å². The van der Waals surface area contributed by atoms with Crippen molar-refractivity contribution in [3.05, 3.63) is 53.3 Å². The minimum atomic E-state index is -0.323. The van der Waals surface area contributed by atoms with Crippen LogP contribution in [0.5, 0.6) is 0 Å². The van der Waals surface area contributed by atoms with E-state index in [2.05, 4.69) is 28.5 Å². The number of hydrogen-bond acceptors (Lipinski definition) is 5. The van der Waals surface area contributed by atoms with E-state index in [4.69, 9.17) is 4.74 Å². The molecule has 0 radical (unpaired) electrons. The Morgan fingerprint density at radius 3 is 2.50 bits per heavy atom. The van der Waals surface area contributed by atoms with Gasteiger partial charge < -0.3 is 19.9 Å². The highest BCUT2D eigenvalue weighted by Gasteiger charge is 2.25. The van der Waals surface area contributed by atoms with Crippen molar-refractivity contribution >= 4 is 23.4 Å². The predicted octanol–water partition coefficient (Wildman–Crippen LogP) is 3.36. The Labute approximate surface area is 165 Å². The number of piperazine rings is 1. The molecule has 1 N–H and O–H groups in total. The smallest absolute Gasteiger partial charge is 0.409 e. The van der Waals surface area contributed by atoms with E-state index in [1.54, 1.807) is 29.1 Å². The molecule has 0 bridgehead atoms. The van der Waals surface area contributed by atoms with Gasteiger partial charge in [0, 0.05) is 38.1 Å². The molecule has 1 aromatic carbocycles. The lowest BCUT2D eigenvalue weighted by Crippen LogP contribution is -2.50. The first-order valence-corrected chi connectivity index (χ1v) is 9.48. The number of carbonyl (C=O) groups is 2. The maximum atomic E-state index is 12.9. The van der Waals surface area contributed by atoms with Gasteiger partial charge in [0.15, 0.2) is 0 Å². The van der Waals surface area contributed by atoms with E-state index in [1.807, 2.05) is 19.9 Å². The molecule has 7 nitrogen and oxygen atoms in total. The summed E-state index contributed by atoms with van der Waals surface area (Å²) in [7, 11) is 0. The molecule has 1 saturated heterocycles. The summed E-state index contributed by atoms with van der Waals surface area (Å²) in [6, 6.07) is 8.01. The molecular weight excluding hydrogens is 356 g/mol. The zero-order chi connectivity index (χ0) is 20.1. The van der Waals surface area contributed by atoms with Crippen LogP contribution in [0.25, 0.3) is 0 Å². The van der Waals surface area contributed by atoms with Gasteiger partial charge in [0.25, 0.3) is 5.91 Å². The van der Waals surface area contributed by atoms with Gasteiger partial charge in [-0.25, -0.2) is 4.79 Å². The van der Waals surface area contributed by atoms with E-state index in [1.165, 1.54) is 0 Å². The number of rotatable bonds is 4. The summed E-state index contributed by atoms with van der Waals surface area (Å²) in [5.41, 5.74) is 4.57. The fraction of sp³-hybridized carbons (Fsp3) is 0.381. The molecule has 0 atom stereocenters. The topological polar surface area (TPSA) is 74.8 Å². The highest BCUT2D eigenvalue weighted by atomic mass is 16.6. The van der Waals surface area contributed by atoms with Gasteiger partial charge in [-0.3, -0.25) is 9.78 Å². The highest BCUT2D eigenvalue weighted by molar-refractivity contribution is 5.95. The van der Waals surface area contributed by atoms with Gasteiger partial charge in [0.2, 0.25) is 0 Å². The Bertz CT molecular complexity index is 860. The Morgan fingerprint density at radius 2 is 1.79 bits per heavy atom. The fourth-order valence-corrected chi connectivity index (χ4v) is 3.14. The molecule has 0 saturated carbocycles. The van der Waals surface area contributed by atoms with Crippen LogP contribution in [0.15, 0.2) is 36.7 Å². The molecule has 2 aromatic rings. The van der Waals surface area contributed by atoms with Crippen LogP contribution in [0, 0.1) is 13.8 Å². The van der Waals surface area contributed by atoms with Crippen LogP contribution in [-0.2, 0) is 4.74 Å². The molecule has 148 valence electrons. The van der Waals surface area contributed by atoms with Crippen molar-refractivity contribution < 1.29 is 14.3 Å². The number of nitrogens with zero attached hydrogens (tertiary/aromatic N) is 3. The molecule has 0 spiro atoms. The molecule has 1 fully saturated rings. The third-order valence-corrected chi connectivity index (χ3v) is 4.75. The largest absolute Gasteiger partial charge is 0.450 e. The molecular formula is C21H26N4O3. The van der Waals surface area contributed by atoms with Crippen molar-refractivity contribution in [3.8, 4) is 0 Å². The van der Waals surface area contributed by atoms with Crippen LogP contribution >= 0.6 is 0 Å². The Morgan fingerprint density at radius 1 is 1.07 bits per heavy atom. The lowest BCUT2D eigenvalue weighted by Gasteiger charge is -2.34. The third kappa shape index (κ3) is 4.60. The van der Waals surface area contributed by atoms with Crippen LogP contribution in [0.1, 0.15) is 28.4 Å². The molecule has 1 aliphatic heterocycles. The first kappa shape index (κ1) is 19.7. The summed E-state index contributed by atoms with van der Waals surface area (Å²) < 4.78 is 5.02. The summed E-state index contributed by atoms with van der Waals surface area (Å²) in [5, 5.41) is 3.34. The van der Waals surface area contributed by atoms with E-state index < -0.39 is 0 Å². The zero-order valence-corrected chi connectivity index (χ0v) is 16.6. The summed E-state index contributed by atoms with van der Waals surface area (Å²) in [6.07, 6.45) is 2.96. The normalized spacial score (nSPS) is 14.0. The summed E-state index contributed by atoms with van der Waals surface area (Å²) in [4.78, 5) is 32.2. The zero-order valence-electron chi connectivity index (χ0n) is 16.6. The quantitative estimate of drug-likeness (QED) is 0.878. The average Bonchev–Trinajstić information content (AvgIpc) is 2.71. The number of anilines is 2. The third-order valence-electron chi connectivity index (χ3n) is 4.75. The van der Waals surface area contributed by atoms with Gasteiger partial charge in [-0.15, -0.1) is 0 Å². The van der Waals surface area contributed by atoms with Crippen molar-refractivity contribution in [1.29, 1.82) is 0 Å². The number of aryl methyl sites for hydroxylation is 2. The minimum absolute atomic E-state index is 0.0828. The van der Waals surface area contributed by atoms with Gasteiger partial charge >= 0.3 is 6.09 Å². The number of benzene rings is 1. The summed E-state index contributed by atoms with van der Waals surface area (Å²) in [6.45, 7) is 8.11. The molecule has 0 unspecified atom stereocenters. The molecule has 7 heteroatoms. The van der Waals surface area contributed by atoms with Gasteiger partial charge in [0.1, 0.15) is 0 Å². The van der Waals surface area contributed by atoms with Crippen molar-refractivity contribution in [3.63, 3.8) is 0 Å². The lowest BCUT2D eigenvalue weighted by atomic mass is 10.1. The second-order valence-electron chi connectivity index (χ2n) is 6.88. The van der Waals surface area contributed by atoms with Crippen molar-refractivity contribution in [1.82, 2.24) is 14.8 Å². The van der Waals surface area contributed by atoms with Crippen LogP contribution in [0.4, 0.5) is 16.2 Å². The Kier molecular flexibility index (Phi) is 6.13. The van der Waals surface area contributed by atoms with E-state index in [-0.39, 0.29) is 12.0 Å². The standard InChI is InChI=1S/C21H26N4O3/c1-4-28-21(27)25-9-7-24(8-10-25)20(26)17-12-18(14-22-13-17)23-19-11-15(2)5-6-16(19)3/h5-6,11-14,23H,4,7-10H2,1-3H3. The molecule has 1 aliphatic rings. The van der Waals surface area contributed by atoms with Gasteiger partial charge in [-0.1, -0.05) is 12.1 Å². The van der Waals surface area contributed by atoms with Crippen molar-refractivity contribution in [2.75, 3.05) is 38.1 Å². The average molecular weight is 382 g/mol. The van der Waals surface area contributed by atoms with Crippen molar-refractivity contribution in [2.24, 2.45) is 0 Å². The van der Waals surface area contributed by atoms with Crippen LogP contribution in [0.3, 0.4) is 0 Å². The second-order valence-corrected chi connectivity index (χ2v) is 6.88. The molecule has 28 heavy (non-hydrogen) atoms. The lowest BCUT2D eigenvalue weighted by molar-refractivity contribution is 0.0570. The molecule has 2 amide bonds. The number of nitrogens with one attached hydrogen (secondary N) is 1. The van der Waals surface area contributed by atoms with E-state index in [0.29, 0.717) is 38.3 Å². The van der Waals surface area contributed by atoms with E-state index in [9.17, 15) is 9.59 Å². The number of ether oxygens (including phenoxy) is 1. The SMILES string of the molecule is CCOC(=O)N1CCN(C(=O)c2cncc(Nc3cc(C)ccc3C)c2)CC1. The maximum absolute atomic E-state index is 12.9. The Balaban J connectivity index is 1.66. The second kappa shape index (κ2) is 8.73. The fourth-order valence-electron chi connectivity index (χ4n) is 3.14. The maximum Gasteiger partial charge on any atom is 0.409 e. The number of pyridine rings is 1. The number of carbonyl (C=O) groups excluding carboxylic acids is 2. The van der Waals surface area contributed by atoms with Crippen LogP contribution in [0.2, 0.25) is 0 Å². The van der Waals surface area contributed by atoms with Crippen LogP contribution < -0.4 is 5.32 Å². The number of aromatic nitrogens is 1. The van der Waals surface area contributed by atoms with Crippen molar-refractivity contribution in [2.45, 2.75) is 20.8 Å². The number of amides is 2.